The summed E-state index contributed by atoms with van der Waals surface area (Å²) in [5.41, 5.74) is 4.79. The van der Waals surface area contributed by atoms with E-state index in [1.54, 1.807) is 11.3 Å². The number of aryl methyl sites for hydroxylation is 1. The summed E-state index contributed by atoms with van der Waals surface area (Å²) in [6.45, 7) is 3.82. The first-order chi connectivity index (χ1) is 10.1. The van der Waals surface area contributed by atoms with Crippen LogP contribution in [-0.4, -0.2) is 28.4 Å². The molecule has 3 rings (SSSR count). The van der Waals surface area contributed by atoms with Crippen molar-refractivity contribution in [3.8, 4) is 0 Å². The Hall–Kier alpha value is -1.85. The second-order valence-electron chi connectivity index (χ2n) is 5.49. The Morgan fingerprint density at radius 2 is 2.00 bits per heavy atom. The number of nitrogens with one attached hydrogen (secondary N) is 1. The predicted molar refractivity (Wildman–Crippen MR) is 89.0 cm³/mol. The van der Waals surface area contributed by atoms with Gasteiger partial charge in [0.2, 0.25) is 0 Å². The van der Waals surface area contributed by atoms with Gasteiger partial charge < -0.3 is 10.2 Å². The molecule has 1 N–H and O–H groups in total. The van der Waals surface area contributed by atoms with Gasteiger partial charge in [-0.25, -0.2) is 4.98 Å². The maximum absolute atomic E-state index is 4.57. The van der Waals surface area contributed by atoms with Crippen LogP contribution in [0.25, 0.3) is 4.96 Å². The van der Waals surface area contributed by atoms with Gasteiger partial charge in [0.15, 0.2) is 4.96 Å². The van der Waals surface area contributed by atoms with E-state index in [0.717, 1.165) is 29.4 Å². The van der Waals surface area contributed by atoms with E-state index in [1.807, 2.05) is 0 Å². The quantitative estimate of drug-likeness (QED) is 0.784. The van der Waals surface area contributed by atoms with Crippen LogP contribution in [0.4, 0.5) is 5.69 Å². The van der Waals surface area contributed by atoms with Gasteiger partial charge in [-0.15, -0.1) is 11.3 Å². The molecule has 0 aliphatic rings. The van der Waals surface area contributed by atoms with E-state index in [0.29, 0.717) is 0 Å². The molecule has 0 atom stereocenters. The maximum atomic E-state index is 4.57. The van der Waals surface area contributed by atoms with E-state index in [9.17, 15) is 0 Å². The van der Waals surface area contributed by atoms with Gasteiger partial charge >= 0.3 is 0 Å². The number of fused-ring (bicyclic) bond motifs is 1. The third-order valence-electron chi connectivity index (χ3n) is 3.47. The minimum atomic E-state index is 0.788. The first kappa shape index (κ1) is 14.1. The van der Waals surface area contributed by atoms with Gasteiger partial charge in [-0.2, -0.15) is 0 Å². The van der Waals surface area contributed by atoms with E-state index >= 15 is 0 Å². The van der Waals surface area contributed by atoms with Crippen molar-refractivity contribution in [1.29, 1.82) is 0 Å². The number of imidazole rings is 1. The number of rotatable bonds is 5. The lowest BCUT2D eigenvalue weighted by Crippen LogP contribution is -2.10. The lowest BCUT2D eigenvalue weighted by atomic mass is 10.2. The smallest absolute Gasteiger partial charge is 0.194 e. The summed E-state index contributed by atoms with van der Waals surface area (Å²) in [5, 5.41) is 5.55. The number of thiazole rings is 1. The van der Waals surface area contributed by atoms with Crippen LogP contribution < -0.4 is 5.32 Å². The van der Waals surface area contributed by atoms with E-state index in [1.165, 1.54) is 11.3 Å². The number of hydrogen-bond donors (Lipinski definition) is 1. The Balaban J connectivity index is 1.70. The monoisotopic (exact) mass is 300 g/mol. The summed E-state index contributed by atoms with van der Waals surface area (Å²) in [4.78, 5) is 7.80. The lowest BCUT2D eigenvalue weighted by molar-refractivity contribution is 0.402. The molecule has 0 bridgehead atoms. The van der Waals surface area contributed by atoms with Gasteiger partial charge in [0.1, 0.15) is 0 Å². The second kappa shape index (κ2) is 5.87. The number of anilines is 1. The Morgan fingerprint density at radius 1 is 1.24 bits per heavy atom. The van der Waals surface area contributed by atoms with E-state index < -0.39 is 0 Å². The highest BCUT2D eigenvalue weighted by atomic mass is 32.1. The van der Waals surface area contributed by atoms with E-state index in [-0.39, 0.29) is 0 Å². The molecule has 21 heavy (non-hydrogen) atoms. The largest absolute Gasteiger partial charge is 0.379 e. The Labute approximate surface area is 129 Å². The molecule has 2 heterocycles. The zero-order valence-electron chi connectivity index (χ0n) is 12.6. The molecule has 0 aliphatic carbocycles. The van der Waals surface area contributed by atoms with Crippen molar-refractivity contribution in [3.63, 3.8) is 0 Å². The topological polar surface area (TPSA) is 32.6 Å². The second-order valence-corrected chi connectivity index (χ2v) is 6.36. The predicted octanol–water partition coefficient (Wildman–Crippen LogP) is 3.38. The van der Waals surface area contributed by atoms with Crippen molar-refractivity contribution in [1.82, 2.24) is 14.3 Å². The van der Waals surface area contributed by atoms with Crippen molar-refractivity contribution in [2.24, 2.45) is 0 Å². The minimum absolute atomic E-state index is 0.788. The fourth-order valence-electron chi connectivity index (χ4n) is 2.43. The molecule has 0 spiro atoms. The summed E-state index contributed by atoms with van der Waals surface area (Å²) in [6.07, 6.45) is 2.08. The normalized spacial score (nSPS) is 11.4. The maximum Gasteiger partial charge on any atom is 0.194 e. The molecule has 1 aromatic carbocycles. The summed E-state index contributed by atoms with van der Waals surface area (Å²) < 4.78 is 2.16. The van der Waals surface area contributed by atoms with Gasteiger partial charge in [-0.1, -0.05) is 12.1 Å². The van der Waals surface area contributed by atoms with Crippen LogP contribution in [0.1, 0.15) is 17.0 Å². The molecular weight excluding hydrogens is 280 g/mol. The van der Waals surface area contributed by atoms with E-state index in [4.69, 9.17) is 0 Å². The first-order valence-corrected chi connectivity index (χ1v) is 7.90. The third-order valence-corrected chi connectivity index (χ3v) is 4.23. The van der Waals surface area contributed by atoms with Crippen LogP contribution in [0.2, 0.25) is 0 Å². The Kier molecular flexibility index (Phi) is 3.94. The molecular formula is C16H20N4S. The zero-order valence-corrected chi connectivity index (χ0v) is 13.4. The van der Waals surface area contributed by atoms with Gasteiger partial charge in [0.25, 0.3) is 0 Å². The molecule has 0 aliphatic heterocycles. The standard InChI is InChI=1S/C16H20N4S/c1-12-15(20-8-9-21-16(20)18-12)10-17-14-6-4-13(5-7-14)11-19(2)3/h4-9,17H,10-11H2,1-3H3. The molecule has 0 unspecified atom stereocenters. The summed E-state index contributed by atoms with van der Waals surface area (Å²) in [6, 6.07) is 8.62. The van der Waals surface area contributed by atoms with Crippen LogP contribution in [0.5, 0.6) is 0 Å². The molecule has 2 aromatic heterocycles. The molecule has 3 aromatic rings. The van der Waals surface area contributed by atoms with Crippen LogP contribution in [0, 0.1) is 6.92 Å². The molecule has 0 saturated carbocycles. The molecule has 5 heteroatoms. The number of nitrogens with zero attached hydrogens (tertiary/aromatic N) is 3. The highest BCUT2D eigenvalue weighted by molar-refractivity contribution is 7.15. The summed E-state index contributed by atoms with van der Waals surface area (Å²) in [5.74, 6) is 0. The van der Waals surface area contributed by atoms with Crippen LogP contribution in [-0.2, 0) is 13.1 Å². The van der Waals surface area contributed by atoms with Gasteiger partial charge in [-0.05, 0) is 38.7 Å². The molecule has 0 radical (unpaired) electrons. The first-order valence-electron chi connectivity index (χ1n) is 7.02. The molecule has 0 amide bonds. The fraction of sp³-hybridized carbons (Fsp3) is 0.312. The van der Waals surface area contributed by atoms with Gasteiger partial charge in [0.05, 0.1) is 17.9 Å². The van der Waals surface area contributed by atoms with Crippen molar-refractivity contribution >= 4 is 22.0 Å². The van der Waals surface area contributed by atoms with Crippen molar-refractivity contribution in [2.45, 2.75) is 20.0 Å². The summed E-state index contributed by atoms with van der Waals surface area (Å²) in [7, 11) is 4.17. The number of hydrogen-bond acceptors (Lipinski definition) is 4. The zero-order chi connectivity index (χ0) is 14.8. The van der Waals surface area contributed by atoms with Crippen LogP contribution in [0.3, 0.4) is 0 Å². The SMILES string of the molecule is Cc1nc2sccn2c1CNc1ccc(CN(C)C)cc1. The van der Waals surface area contributed by atoms with Crippen molar-refractivity contribution < 1.29 is 0 Å². The van der Waals surface area contributed by atoms with Crippen LogP contribution >= 0.6 is 11.3 Å². The van der Waals surface area contributed by atoms with Crippen LogP contribution in [0.15, 0.2) is 35.8 Å². The van der Waals surface area contributed by atoms with Gasteiger partial charge in [0, 0.05) is 23.8 Å². The third kappa shape index (κ3) is 3.09. The summed E-state index contributed by atoms with van der Waals surface area (Å²) >= 11 is 1.67. The Bertz CT molecular complexity index is 724. The average molecular weight is 300 g/mol. The van der Waals surface area contributed by atoms with Crippen molar-refractivity contribution in [2.75, 3.05) is 19.4 Å². The number of benzene rings is 1. The molecule has 0 fully saturated rings. The average Bonchev–Trinajstić information content (AvgIpc) is 2.98. The fourth-order valence-corrected chi connectivity index (χ4v) is 3.21. The molecule has 0 saturated heterocycles. The van der Waals surface area contributed by atoms with E-state index in [2.05, 4.69) is 76.5 Å². The highest BCUT2D eigenvalue weighted by Crippen LogP contribution is 2.18. The lowest BCUT2D eigenvalue weighted by Gasteiger charge is -2.11. The minimum Gasteiger partial charge on any atom is -0.379 e. The number of aromatic nitrogens is 2. The van der Waals surface area contributed by atoms with Gasteiger partial charge in [-0.3, -0.25) is 4.40 Å². The van der Waals surface area contributed by atoms with Crippen molar-refractivity contribution in [3.05, 3.63) is 52.8 Å². The molecule has 4 nitrogen and oxygen atoms in total. The Morgan fingerprint density at radius 3 is 2.71 bits per heavy atom. The highest BCUT2D eigenvalue weighted by Gasteiger charge is 2.08. The molecule has 110 valence electrons.